The first-order valence-corrected chi connectivity index (χ1v) is 10.4. The minimum absolute atomic E-state index is 0.628. The van der Waals surface area contributed by atoms with Gasteiger partial charge in [0.15, 0.2) is 0 Å². The lowest BCUT2D eigenvalue weighted by Gasteiger charge is -2.29. The smallest absolute Gasteiger partial charge is 0.137 e. The third-order valence-electron chi connectivity index (χ3n) is 5.66. The number of nitrogens with zero attached hydrogens (tertiary/aromatic N) is 1. The molecule has 138 valence electrons. The molecular weight excluding hydrogens is 306 g/mol. The quantitative estimate of drug-likeness (QED) is 0.430. The molecule has 2 heteroatoms. The van der Waals surface area contributed by atoms with Crippen molar-refractivity contribution in [3.63, 3.8) is 0 Å². The summed E-state index contributed by atoms with van der Waals surface area (Å²) in [6, 6.07) is 8.61. The summed E-state index contributed by atoms with van der Waals surface area (Å²) in [7, 11) is 0. The first kappa shape index (κ1) is 19.8. The topological polar surface area (TPSA) is 33.0 Å². The van der Waals surface area contributed by atoms with E-state index in [1.165, 1.54) is 63.4 Å². The Kier molecular flexibility index (Phi) is 8.87. The molecule has 1 fully saturated rings. The molecule has 1 aliphatic rings. The van der Waals surface area contributed by atoms with E-state index in [1.54, 1.807) is 0 Å². The number of ether oxygens (including phenoxy) is 1. The largest absolute Gasteiger partial charge is 0.492 e. The molecule has 0 saturated heterocycles. The van der Waals surface area contributed by atoms with Crippen molar-refractivity contribution in [2.75, 3.05) is 6.61 Å². The lowest BCUT2D eigenvalue weighted by molar-refractivity contribution is 0.300. The minimum Gasteiger partial charge on any atom is -0.492 e. The molecule has 25 heavy (non-hydrogen) atoms. The summed E-state index contributed by atoms with van der Waals surface area (Å²) < 4.78 is 5.77. The highest BCUT2D eigenvalue weighted by molar-refractivity contribution is 5.46. The number of unbranched alkanes of at least 4 members (excludes halogenated alkanes) is 4. The summed E-state index contributed by atoms with van der Waals surface area (Å²) in [6.07, 6.45) is 14.4. The lowest BCUT2D eigenvalue weighted by atomic mass is 9.77. The Bertz CT molecular complexity index is 538. The van der Waals surface area contributed by atoms with E-state index in [-0.39, 0.29) is 0 Å². The Morgan fingerprint density at radius 3 is 2.44 bits per heavy atom. The first-order chi connectivity index (χ1) is 12.3. The molecule has 0 radical (unpaired) electrons. The Labute approximate surface area is 154 Å². The normalized spacial score (nSPS) is 20.2. The van der Waals surface area contributed by atoms with Crippen LogP contribution in [0.25, 0.3) is 0 Å². The standard InChI is InChI=1S/C23H35NO/c1-3-5-7-8-9-19-10-12-20(13-11-19)21-14-15-23(22(17-21)18-24)25-16-6-4-2/h14-15,17,19-20H,3-13,16H2,1-2H3. The molecular formula is C23H35NO. The van der Waals surface area contributed by atoms with Gasteiger partial charge in [-0.2, -0.15) is 5.26 Å². The SMILES string of the molecule is CCCCCCC1CCC(c2ccc(OCCCC)c(C#N)c2)CC1. The molecule has 0 heterocycles. The highest BCUT2D eigenvalue weighted by Crippen LogP contribution is 2.38. The van der Waals surface area contributed by atoms with E-state index < -0.39 is 0 Å². The second-order valence-corrected chi connectivity index (χ2v) is 7.64. The second-order valence-electron chi connectivity index (χ2n) is 7.64. The average molecular weight is 342 g/mol. The van der Waals surface area contributed by atoms with Gasteiger partial charge in [-0.05, 0) is 61.6 Å². The third-order valence-corrected chi connectivity index (χ3v) is 5.66. The van der Waals surface area contributed by atoms with Crippen LogP contribution < -0.4 is 4.74 Å². The van der Waals surface area contributed by atoms with Crippen molar-refractivity contribution in [3.8, 4) is 11.8 Å². The molecule has 1 aliphatic carbocycles. The molecule has 1 aromatic carbocycles. The van der Waals surface area contributed by atoms with Crippen LogP contribution in [0.15, 0.2) is 18.2 Å². The zero-order chi connectivity index (χ0) is 17.9. The van der Waals surface area contributed by atoms with Crippen molar-refractivity contribution in [2.24, 2.45) is 5.92 Å². The van der Waals surface area contributed by atoms with Crippen molar-refractivity contribution in [3.05, 3.63) is 29.3 Å². The van der Waals surface area contributed by atoms with Gasteiger partial charge in [0, 0.05) is 0 Å². The van der Waals surface area contributed by atoms with Gasteiger partial charge in [0.2, 0.25) is 0 Å². The molecule has 0 bridgehead atoms. The lowest BCUT2D eigenvalue weighted by Crippen LogP contribution is -2.13. The number of hydrogen-bond donors (Lipinski definition) is 0. The van der Waals surface area contributed by atoms with E-state index in [0.29, 0.717) is 18.1 Å². The molecule has 2 nitrogen and oxygen atoms in total. The van der Waals surface area contributed by atoms with E-state index in [4.69, 9.17) is 4.74 Å². The van der Waals surface area contributed by atoms with Gasteiger partial charge >= 0.3 is 0 Å². The van der Waals surface area contributed by atoms with Crippen molar-refractivity contribution >= 4 is 0 Å². The summed E-state index contributed by atoms with van der Waals surface area (Å²) in [5.74, 6) is 2.31. The van der Waals surface area contributed by atoms with Gasteiger partial charge in [-0.25, -0.2) is 0 Å². The average Bonchev–Trinajstić information content (AvgIpc) is 2.66. The van der Waals surface area contributed by atoms with Gasteiger partial charge in [-0.15, -0.1) is 0 Å². The maximum Gasteiger partial charge on any atom is 0.137 e. The van der Waals surface area contributed by atoms with Gasteiger partial charge < -0.3 is 4.74 Å². The fraction of sp³-hybridized carbons (Fsp3) is 0.696. The molecule has 0 atom stereocenters. The van der Waals surface area contributed by atoms with Crippen LogP contribution in [0.2, 0.25) is 0 Å². The predicted molar refractivity (Wildman–Crippen MR) is 105 cm³/mol. The van der Waals surface area contributed by atoms with E-state index in [9.17, 15) is 5.26 Å². The molecule has 0 spiro atoms. The number of hydrogen-bond acceptors (Lipinski definition) is 2. The predicted octanol–water partition coefficient (Wildman–Crippen LogP) is 6.98. The molecule has 0 amide bonds. The van der Waals surface area contributed by atoms with E-state index in [2.05, 4.69) is 32.0 Å². The summed E-state index contributed by atoms with van der Waals surface area (Å²) >= 11 is 0. The van der Waals surface area contributed by atoms with Gasteiger partial charge in [0.1, 0.15) is 11.8 Å². The molecule has 0 aromatic heterocycles. The summed E-state index contributed by atoms with van der Waals surface area (Å²) in [5.41, 5.74) is 2.04. The zero-order valence-electron chi connectivity index (χ0n) is 16.2. The molecule has 0 aliphatic heterocycles. The Balaban J connectivity index is 1.85. The van der Waals surface area contributed by atoms with Gasteiger partial charge in [0.05, 0.1) is 12.2 Å². The fourth-order valence-electron chi connectivity index (χ4n) is 3.99. The summed E-state index contributed by atoms with van der Waals surface area (Å²) in [5, 5.41) is 9.45. The fourth-order valence-corrected chi connectivity index (χ4v) is 3.99. The van der Waals surface area contributed by atoms with Crippen molar-refractivity contribution in [1.29, 1.82) is 5.26 Å². The minimum atomic E-state index is 0.628. The highest BCUT2D eigenvalue weighted by Gasteiger charge is 2.22. The molecule has 0 unspecified atom stereocenters. The van der Waals surface area contributed by atoms with Crippen molar-refractivity contribution in [1.82, 2.24) is 0 Å². The molecule has 2 rings (SSSR count). The van der Waals surface area contributed by atoms with Crippen LogP contribution in [0.3, 0.4) is 0 Å². The van der Waals surface area contributed by atoms with Gasteiger partial charge in [0.25, 0.3) is 0 Å². The maximum absolute atomic E-state index is 9.45. The summed E-state index contributed by atoms with van der Waals surface area (Å²) in [4.78, 5) is 0. The number of benzene rings is 1. The molecule has 0 N–H and O–H groups in total. The highest BCUT2D eigenvalue weighted by atomic mass is 16.5. The van der Waals surface area contributed by atoms with Crippen LogP contribution in [-0.2, 0) is 0 Å². The molecule has 1 aromatic rings. The van der Waals surface area contributed by atoms with Crippen LogP contribution in [-0.4, -0.2) is 6.61 Å². The maximum atomic E-state index is 9.45. The number of rotatable bonds is 10. The third kappa shape index (κ3) is 6.38. The van der Waals surface area contributed by atoms with Gasteiger partial charge in [-0.1, -0.05) is 58.4 Å². The van der Waals surface area contributed by atoms with Crippen molar-refractivity contribution in [2.45, 2.75) is 90.4 Å². The van der Waals surface area contributed by atoms with Crippen LogP contribution in [0.4, 0.5) is 0 Å². The van der Waals surface area contributed by atoms with Crippen LogP contribution in [0, 0.1) is 17.2 Å². The zero-order valence-corrected chi connectivity index (χ0v) is 16.2. The Morgan fingerprint density at radius 1 is 1.00 bits per heavy atom. The first-order valence-electron chi connectivity index (χ1n) is 10.4. The Morgan fingerprint density at radius 2 is 1.76 bits per heavy atom. The molecule has 1 saturated carbocycles. The van der Waals surface area contributed by atoms with Crippen LogP contribution in [0.1, 0.15) is 102 Å². The van der Waals surface area contributed by atoms with Crippen molar-refractivity contribution < 1.29 is 4.74 Å². The monoisotopic (exact) mass is 341 g/mol. The van der Waals surface area contributed by atoms with Gasteiger partial charge in [-0.3, -0.25) is 0 Å². The van der Waals surface area contributed by atoms with E-state index >= 15 is 0 Å². The van der Waals surface area contributed by atoms with E-state index in [0.717, 1.165) is 24.5 Å². The van der Waals surface area contributed by atoms with E-state index in [1.807, 2.05) is 6.07 Å². The number of nitriles is 1. The summed E-state index contributed by atoms with van der Waals surface area (Å²) in [6.45, 7) is 5.13. The Hall–Kier alpha value is -1.49. The second kappa shape index (κ2) is 11.2. The van der Waals surface area contributed by atoms with Crippen LogP contribution in [0.5, 0.6) is 5.75 Å². The van der Waals surface area contributed by atoms with Crippen LogP contribution >= 0.6 is 0 Å².